The topological polar surface area (TPSA) is 33.3 Å². The standard InChI is InChI=1S/C12H24N2O.ClH/c1-10(12-3-2-8-15-12)14-9-11-4-6-13-7-5-11;/h10-14H,2-9H2,1H3;1H. The summed E-state index contributed by atoms with van der Waals surface area (Å²) in [4.78, 5) is 0. The maximum atomic E-state index is 5.68. The molecule has 0 aromatic heterocycles. The van der Waals surface area contributed by atoms with Crippen molar-refractivity contribution in [2.24, 2.45) is 5.92 Å². The molecular weight excluding hydrogens is 224 g/mol. The van der Waals surface area contributed by atoms with Gasteiger partial charge < -0.3 is 15.4 Å². The summed E-state index contributed by atoms with van der Waals surface area (Å²) in [6.45, 7) is 6.78. The SMILES string of the molecule is CC(NCC1CCNCC1)C1CCCO1.Cl. The number of halogens is 1. The molecule has 0 bridgehead atoms. The summed E-state index contributed by atoms with van der Waals surface area (Å²) in [7, 11) is 0. The third-order valence-electron chi connectivity index (χ3n) is 3.71. The van der Waals surface area contributed by atoms with Crippen LogP contribution in [0.4, 0.5) is 0 Å². The molecule has 2 aliphatic rings. The summed E-state index contributed by atoms with van der Waals surface area (Å²) in [5.41, 5.74) is 0. The van der Waals surface area contributed by atoms with Crippen molar-refractivity contribution in [1.29, 1.82) is 0 Å². The van der Waals surface area contributed by atoms with Gasteiger partial charge in [-0.2, -0.15) is 0 Å². The van der Waals surface area contributed by atoms with Gasteiger partial charge in [0, 0.05) is 12.6 Å². The van der Waals surface area contributed by atoms with Crippen LogP contribution in [0.15, 0.2) is 0 Å². The van der Waals surface area contributed by atoms with Gasteiger partial charge in [0.2, 0.25) is 0 Å². The van der Waals surface area contributed by atoms with E-state index in [0.717, 1.165) is 12.5 Å². The molecule has 0 spiro atoms. The second kappa shape index (κ2) is 7.49. The number of hydrogen-bond acceptors (Lipinski definition) is 3. The Morgan fingerprint density at radius 3 is 2.69 bits per heavy atom. The van der Waals surface area contributed by atoms with Crippen LogP contribution in [0.5, 0.6) is 0 Å². The lowest BCUT2D eigenvalue weighted by Gasteiger charge is -2.26. The van der Waals surface area contributed by atoms with E-state index in [4.69, 9.17) is 4.74 Å². The third kappa shape index (κ3) is 4.21. The summed E-state index contributed by atoms with van der Waals surface area (Å²) in [5, 5.41) is 7.05. The van der Waals surface area contributed by atoms with Crippen molar-refractivity contribution in [1.82, 2.24) is 10.6 Å². The molecule has 2 rings (SSSR count). The lowest BCUT2D eigenvalue weighted by atomic mass is 9.97. The number of hydrogen-bond donors (Lipinski definition) is 2. The lowest BCUT2D eigenvalue weighted by Crippen LogP contribution is -2.41. The summed E-state index contributed by atoms with van der Waals surface area (Å²) in [5.74, 6) is 0.870. The number of rotatable bonds is 4. The quantitative estimate of drug-likeness (QED) is 0.793. The van der Waals surface area contributed by atoms with Gasteiger partial charge in [-0.3, -0.25) is 0 Å². The number of piperidine rings is 1. The number of nitrogens with one attached hydrogen (secondary N) is 2. The van der Waals surface area contributed by atoms with E-state index in [9.17, 15) is 0 Å². The molecule has 4 heteroatoms. The van der Waals surface area contributed by atoms with Gasteiger partial charge in [-0.25, -0.2) is 0 Å². The molecule has 2 atom stereocenters. The normalized spacial score (nSPS) is 28.7. The van der Waals surface area contributed by atoms with Crippen LogP contribution >= 0.6 is 12.4 Å². The minimum atomic E-state index is 0. The number of ether oxygens (including phenoxy) is 1. The largest absolute Gasteiger partial charge is 0.377 e. The molecule has 3 nitrogen and oxygen atoms in total. The zero-order valence-electron chi connectivity index (χ0n) is 10.2. The first kappa shape index (κ1) is 14.2. The molecule has 2 unspecified atom stereocenters. The predicted molar refractivity (Wildman–Crippen MR) is 69.3 cm³/mol. The zero-order chi connectivity index (χ0) is 10.5. The van der Waals surface area contributed by atoms with Gasteiger partial charge in [0.15, 0.2) is 0 Å². The minimum Gasteiger partial charge on any atom is -0.377 e. The summed E-state index contributed by atoms with van der Waals surface area (Å²) < 4.78 is 5.68. The van der Waals surface area contributed by atoms with E-state index in [1.54, 1.807) is 0 Å². The minimum absolute atomic E-state index is 0. The molecule has 2 fully saturated rings. The second-order valence-corrected chi connectivity index (χ2v) is 4.94. The van der Waals surface area contributed by atoms with Crippen LogP contribution in [0.3, 0.4) is 0 Å². The van der Waals surface area contributed by atoms with E-state index in [-0.39, 0.29) is 12.4 Å². The van der Waals surface area contributed by atoms with Crippen molar-refractivity contribution in [3.63, 3.8) is 0 Å². The first-order valence-electron chi connectivity index (χ1n) is 6.42. The third-order valence-corrected chi connectivity index (χ3v) is 3.71. The zero-order valence-corrected chi connectivity index (χ0v) is 11.0. The van der Waals surface area contributed by atoms with E-state index in [2.05, 4.69) is 17.6 Å². The van der Waals surface area contributed by atoms with Crippen LogP contribution < -0.4 is 10.6 Å². The van der Waals surface area contributed by atoms with E-state index in [1.807, 2.05) is 0 Å². The molecule has 0 amide bonds. The highest BCUT2D eigenvalue weighted by atomic mass is 35.5. The summed E-state index contributed by atoms with van der Waals surface area (Å²) in [6.07, 6.45) is 5.59. The fraction of sp³-hybridized carbons (Fsp3) is 1.00. The molecule has 2 saturated heterocycles. The Kier molecular flexibility index (Phi) is 6.66. The van der Waals surface area contributed by atoms with Crippen LogP contribution in [0.25, 0.3) is 0 Å². The molecule has 0 aliphatic carbocycles. The molecule has 0 radical (unpaired) electrons. The van der Waals surface area contributed by atoms with E-state index >= 15 is 0 Å². The molecular formula is C12H25ClN2O. The highest BCUT2D eigenvalue weighted by molar-refractivity contribution is 5.85. The van der Waals surface area contributed by atoms with Crippen molar-refractivity contribution >= 4 is 12.4 Å². The average Bonchev–Trinajstić information content (AvgIpc) is 2.81. The van der Waals surface area contributed by atoms with Gasteiger partial charge in [0.25, 0.3) is 0 Å². The molecule has 2 aliphatic heterocycles. The van der Waals surface area contributed by atoms with Crippen molar-refractivity contribution in [3.8, 4) is 0 Å². The van der Waals surface area contributed by atoms with Crippen molar-refractivity contribution in [2.45, 2.75) is 44.8 Å². The Hall–Kier alpha value is 0.170. The molecule has 2 heterocycles. The smallest absolute Gasteiger partial charge is 0.0726 e. The first-order valence-corrected chi connectivity index (χ1v) is 6.42. The van der Waals surface area contributed by atoms with Gasteiger partial charge >= 0.3 is 0 Å². The molecule has 2 N–H and O–H groups in total. The van der Waals surface area contributed by atoms with Crippen molar-refractivity contribution < 1.29 is 4.74 Å². The van der Waals surface area contributed by atoms with Crippen LogP contribution in [0, 0.1) is 5.92 Å². The van der Waals surface area contributed by atoms with Gasteiger partial charge in [-0.1, -0.05) is 0 Å². The predicted octanol–water partition coefficient (Wildman–Crippen LogP) is 1.56. The van der Waals surface area contributed by atoms with Gasteiger partial charge in [-0.15, -0.1) is 12.4 Å². The molecule has 0 aromatic rings. The van der Waals surface area contributed by atoms with Crippen LogP contribution in [-0.4, -0.2) is 38.4 Å². The highest BCUT2D eigenvalue weighted by Crippen LogP contribution is 2.16. The maximum absolute atomic E-state index is 5.68. The van der Waals surface area contributed by atoms with E-state index in [0.29, 0.717) is 12.1 Å². The van der Waals surface area contributed by atoms with Crippen molar-refractivity contribution in [3.05, 3.63) is 0 Å². The molecule has 16 heavy (non-hydrogen) atoms. The lowest BCUT2D eigenvalue weighted by molar-refractivity contribution is 0.0817. The Morgan fingerprint density at radius 2 is 2.06 bits per heavy atom. The average molecular weight is 249 g/mol. The summed E-state index contributed by atoms with van der Waals surface area (Å²) in [6, 6.07) is 0.530. The van der Waals surface area contributed by atoms with Gasteiger partial charge in [0.05, 0.1) is 6.10 Å². The maximum Gasteiger partial charge on any atom is 0.0726 e. The van der Waals surface area contributed by atoms with E-state index < -0.39 is 0 Å². The second-order valence-electron chi connectivity index (χ2n) is 4.94. The Bertz CT molecular complexity index is 180. The Labute approximate surface area is 105 Å². The van der Waals surface area contributed by atoms with Gasteiger partial charge in [-0.05, 0) is 58.2 Å². The molecule has 0 saturated carbocycles. The highest BCUT2D eigenvalue weighted by Gasteiger charge is 2.23. The van der Waals surface area contributed by atoms with E-state index in [1.165, 1.54) is 45.3 Å². The first-order chi connectivity index (χ1) is 7.36. The fourth-order valence-corrected chi connectivity index (χ4v) is 2.57. The fourth-order valence-electron chi connectivity index (χ4n) is 2.57. The van der Waals surface area contributed by atoms with Crippen LogP contribution in [-0.2, 0) is 4.74 Å². The van der Waals surface area contributed by atoms with Crippen molar-refractivity contribution in [2.75, 3.05) is 26.2 Å². The Balaban J connectivity index is 0.00000128. The Morgan fingerprint density at radius 1 is 1.31 bits per heavy atom. The molecule has 96 valence electrons. The van der Waals surface area contributed by atoms with Crippen LogP contribution in [0.2, 0.25) is 0 Å². The van der Waals surface area contributed by atoms with Gasteiger partial charge in [0.1, 0.15) is 0 Å². The van der Waals surface area contributed by atoms with Crippen LogP contribution in [0.1, 0.15) is 32.6 Å². The monoisotopic (exact) mass is 248 g/mol. The summed E-state index contributed by atoms with van der Waals surface area (Å²) >= 11 is 0. The molecule has 0 aromatic carbocycles.